The molecule has 0 aliphatic heterocycles. The van der Waals surface area contributed by atoms with E-state index in [1.807, 2.05) is 0 Å². The minimum atomic E-state index is -0.620. The van der Waals surface area contributed by atoms with Crippen molar-refractivity contribution in [1.82, 2.24) is 10.2 Å². The highest BCUT2D eigenvalue weighted by molar-refractivity contribution is 6.31. The van der Waals surface area contributed by atoms with E-state index >= 15 is 0 Å². The van der Waals surface area contributed by atoms with Crippen molar-refractivity contribution in [3.63, 3.8) is 0 Å². The van der Waals surface area contributed by atoms with Crippen molar-refractivity contribution < 1.29 is 4.39 Å². The Balaban J connectivity index is 2.90. The molecule has 0 spiro atoms. The average molecular weight is 259 g/mol. The van der Waals surface area contributed by atoms with Crippen LogP contribution in [0.2, 0.25) is 5.02 Å². The van der Waals surface area contributed by atoms with Crippen LogP contribution in [0, 0.1) is 5.95 Å². The van der Waals surface area contributed by atoms with Gasteiger partial charge >= 0.3 is 0 Å². The molecule has 1 unspecified atom stereocenters. The SMILES string of the molecule is CCCCCC(C)(CC)c1nnc(F)cc1Cl. The predicted molar refractivity (Wildman–Crippen MR) is 68.8 cm³/mol. The number of unbranched alkanes of at least 4 members (excludes halogenated alkanes) is 2. The lowest BCUT2D eigenvalue weighted by atomic mass is 9.79. The Labute approximate surface area is 108 Å². The molecule has 17 heavy (non-hydrogen) atoms. The lowest BCUT2D eigenvalue weighted by molar-refractivity contribution is 0.381. The Morgan fingerprint density at radius 1 is 1.29 bits per heavy atom. The monoisotopic (exact) mass is 258 g/mol. The zero-order chi connectivity index (χ0) is 12.9. The van der Waals surface area contributed by atoms with Gasteiger partial charge in [0.05, 0.1) is 10.7 Å². The number of halogens is 2. The fourth-order valence-electron chi connectivity index (χ4n) is 1.98. The summed E-state index contributed by atoms with van der Waals surface area (Å²) in [6.07, 6.45) is 5.45. The molecule has 0 bridgehead atoms. The molecule has 0 saturated carbocycles. The first-order valence-electron chi connectivity index (χ1n) is 6.22. The average Bonchev–Trinajstić information content (AvgIpc) is 2.29. The van der Waals surface area contributed by atoms with E-state index in [9.17, 15) is 4.39 Å². The Bertz CT molecular complexity index is 370. The molecule has 0 N–H and O–H groups in total. The molecule has 0 saturated heterocycles. The maximum Gasteiger partial charge on any atom is 0.234 e. The van der Waals surface area contributed by atoms with E-state index in [-0.39, 0.29) is 5.41 Å². The van der Waals surface area contributed by atoms with Gasteiger partial charge < -0.3 is 0 Å². The number of nitrogens with zero attached hydrogens (tertiary/aromatic N) is 2. The van der Waals surface area contributed by atoms with Crippen molar-refractivity contribution in [3.05, 3.63) is 22.7 Å². The number of hydrogen-bond acceptors (Lipinski definition) is 2. The minimum Gasteiger partial charge on any atom is -0.183 e. The zero-order valence-electron chi connectivity index (χ0n) is 10.8. The van der Waals surface area contributed by atoms with E-state index in [2.05, 4.69) is 31.0 Å². The number of rotatable bonds is 6. The molecule has 0 amide bonds. The van der Waals surface area contributed by atoms with Gasteiger partial charge in [0.1, 0.15) is 0 Å². The third-order valence-corrected chi connectivity index (χ3v) is 3.69. The van der Waals surface area contributed by atoms with Crippen LogP contribution in [0.15, 0.2) is 6.07 Å². The summed E-state index contributed by atoms with van der Waals surface area (Å²) in [4.78, 5) is 0. The topological polar surface area (TPSA) is 25.8 Å². The molecule has 96 valence electrons. The highest BCUT2D eigenvalue weighted by atomic mass is 35.5. The molecule has 1 heterocycles. The van der Waals surface area contributed by atoms with Gasteiger partial charge in [-0.1, -0.05) is 51.6 Å². The van der Waals surface area contributed by atoms with Crippen molar-refractivity contribution in [1.29, 1.82) is 0 Å². The van der Waals surface area contributed by atoms with Gasteiger partial charge in [0, 0.05) is 11.5 Å². The van der Waals surface area contributed by atoms with E-state index in [0.29, 0.717) is 5.02 Å². The van der Waals surface area contributed by atoms with Crippen LogP contribution in [-0.4, -0.2) is 10.2 Å². The number of hydrogen-bond donors (Lipinski definition) is 0. The first-order chi connectivity index (χ1) is 8.03. The van der Waals surface area contributed by atoms with E-state index in [1.165, 1.54) is 18.9 Å². The van der Waals surface area contributed by atoms with Gasteiger partial charge in [-0.25, -0.2) is 0 Å². The molecule has 0 radical (unpaired) electrons. The maximum atomic E-state index is 12.9. The van der Waals surface area contributed by atoms with E-state index in [4.69, 9.17) is 11.6 Å². The van der Waals surface area contributed by atoms with Gasteiger partial charge in [-0.15, -0.1) is 5.10 Å². The third-order valence-electron chi connectivity index (χ3n) is 3.40. The molecule has 2 nitrogen and oxygen atoms in total. The summed E-state index contributed by atoms with van der Waals surface area (Å²) in [7, 11) is 0. The molecule has 0 aromatic carbocycles. The van der Waals surface area contributed by atoms with Crippen LogP contribution in [0.3, 0.4) is 0 Å². The molecular formula is C13H20ClFN2. The minimum absolute atomic E-state index is 0.104. The normalized spacial score (nSPS) is 14.6. The van der Waals surface area contributed by atoms with Crippen LogP contribution in [0.4, 0.5) is 4.39 Å². The Morgan fingerprint density at radius 2 is 2.00 bits per heavy atom. The second-order valence-electron chi connectivity index (χ2n) is 4.73. The summed E-state index contributed by atoms with van der Waals surface area (Å²) in [5.74, 6) is -0.620. The third kappa shape index (κ3) is 3.63. The van der Waals surface area contributed by atoms with Gasteiger partial charge in [-0.05, 0) is 12.8 Å². The van der Waals surface area contributed by atoms with E-state index in [0.717, 1.165) is 25.0 Å². The smallest absolute Gasteiger partial charge is 0.183 e. The van der Waals surface area contributed by atoms with Crippen LogP contribution >= 0.6 is 11.6 Å². The van der Waals surface area contributed by atoms with Gasteiger partial charge in [0.25, 0.3) is 0 Å². The maximum absolute atomic E-state index is 12.9. The van der Waals surface area contributed by atoms with Crippen LogP contribution in [0.1, 0.15) is 58.6 Å². The molecule has 1 rings (SSSR count). The van der Waals surface area contributed by atoms with Crippen molar-refractivity contribution >= 4 is 11.6 Å². The molecule has 1 aromatic heterocycles. The van der Waals surface area contributed by atoms with Gasteiger partial charge in [-0.3, -0.25) is 0 Å². The second kappa shape index (κ2) is 6.29. The van der Waals surface area contributed by atoms with Crippen LogP contribution < -0.4 is 0 Å². The van der Waals surface area contributed by atoms with Crippen LogP contribution in [-0.2, 0) is 5.41 Å². The van der Waals surface area contributed by atoms with Crippen molar-refractivity contribution in [2.24, 2.45) is 0 Å². The summed E-state index contributed by atoms with van der Waals surface area (Å²) >= 11 is 6.06. The highest BCUT2D eigenvalue weighted by Crippen LogP contribution is 2.35. The first kappa shape index (κ1) is 14.4. The van der Waals surface area contributed by atoms with E-state index in [1.54, 1.807) is 0 Å². The molecule has 0 aliphatic rings. The molecule has 0 fully saturated rings. The molecular weight excluding hydrogens is 239 g/mol. The molecule has 0 aliphatic carbocycles. The van der Waals surface area contributed by atoms with Gasteiger partial charge in [0.15, 0.2) is 0 Å². The highest BCUT2D eigenvalue weighted by Gasteiger charge is 2.28. The van der Waals surface area contributed by atoms with Crippen LogP contribution in [0.25, 0.3) is 0 Å². The standard InChI is InChI=1S/C13H20ClFN2/c1-4-6-7-8-13(3,5-2)12-10(14)9-11(15)16-17-12/h9H,4-8H2,1-3H3. The fourth-order valence-corrected chi connectivity index (χ4v) is 2.34. The Kier molecular flexibility index (Phi) is 5.31. The summed E-state index contributed by atoms with van der Waals surface area (Å²) in [5, 5.41) is 7.81. The summed E-state index contributed by atoms with van der Waals surface area (Å²) in [5.41, 5.74) is 0.617. The number of aromatic nitrogens is 2. The van der Waals surface area contributed by atoms with E-state index < -0.39 is 5.95 Å². The summed E-state index contributed by atoms with van der Waals surface area (Å²) in [6, 6.07) is 1.25. The first-order valence-corrected chi connectivity index (χ1v) is 6.60. The fraction of sp³-hybridized carbons (Fsp3) is 0.692. The summed E-state index contributed by atoms with van der Waals surface area (Å²) in [6.45, 7) is 6.40. The Hall–Kier alpha value is -0.700. The molecule has 1 aromatic rings. The van der Waals surface area contributed by atoms with Crippen molar-refractivity contribution in [2.45, 2.75) is 58.3 Å². The molecule has 1 atom stereocenters. The molecule has 4 heteroatoms. The Morgan fingerprint density at radius 3 is 2.53 bits per heavy atom. The van der Waals surface area contributed by atoms with Gasteiger partial charge in [0.2, 0.25) is 5.95 Å². The van der Waals surface area contributed by atoms with Crippen LogP contribution in [0.5, 0.6) is 0 Å². The predicted octanol–water partition coefficient (Wildman–Crippen LogP) is 4.52. The van der Waals surface area contributed by atoms with Gasteiger partial charge in [-0.2, -0.15) is 9.49 Å². The zero-order valence-corrected chi connectivity index (χ0v) is 11.5. The lowest BCUT2D eigenvalue weighted by Crippen LogP contribution is -2.23. The lowest BCUT2D eigenvalue weighted by Gasteiger charge is -2.27. The largest absolute Gasteiger partial charge is 0.234 e. The van der Waals surface area contributed by atoms with Crippen molar-refractivity contribution in [2.75, 3.05) is 0 Å². The second-order valence-corrected chi connectivity index (χ2v) is 5.14. The summed E-state index contributed by atoms with van der Waals surface area (Å²) < 4.78 is 12.9. The quantitative estimate of drug-likeness (QED) is 0.701. The van der Waals surface area contributed by atoms with Crippen molar-refractivity contribution in [3.8, 4) is 0 Å².